The molecule has 0 radical (unpaired) electrons. The quantitative estimate of drug-likeness (QED) is 0.264. The van der Waals surface area contributed by atoms with E-state index >= 15 is 0 Å². The fraction of sp³-hybridized carbons (Fsp3) is 0.167. The number of fused-ring (bicyclic) bond motifs is 4. The average Bonchev–Trinajstić information content (AvgIpc) is 3.40. The molecule has 0 atom stereocenters. The van der Waals surface area contributed by atoms with Gasteiger partial charge in [-0.15, -0.1) is 11.3 Å². The van der Waals surface area contributed by atoms with Gasteiger partial charge in [-0.05, 0) is 49.1 Å². The second kappa shape index (κ2) is 8.13. The van der Waals surface area contributed by atoms with Crippen LogP contribution >= 0.6 is 34.7 Å². The van der Waals surface area contributed by atoms with Crippen LogP contribution in [0.15, 0.2) is 69.5 Å². The van der Waals surface area contributed by atoms with Gasteiger partial charge in [0.1, 0.15) is 10.5 Å². The van der Waals surface area contributed by atoms with Gasteiger partial charge in [0.2, 0.25) is 0 Å². The Morgan fingerprint density at radius 2 is 1.91 bits per heavy atom. The van der Waals surface area contributed by atoms with Crippen LogP contribution in [-0.2, 0) is 18.6 Å². The molecule has 5 aromatic rings. The number of benzene rings is 1. The SMILES string of the molecule is O=c1c2c3c(sc2nc(SCc2cc(=O)n4cc(Cl)ccc4n2)n1-c1ccccc1)CCC3. The Morgan fingerprint density at radius 3 is 2.76 bits per heavy atom. The van der Waals surface area contributed by atoms with Crippen LogP contribution in [0.5, 0.6) is 0 Å². The van der Waals surface area contributed by atoms with Gasteiger partial charge in [-0.25, -0.2) is 9.97 Å². The molecule has 0 spiro atoms. The Bertz CT molecular complexity index is 1660. The van der Waals surface area contributed by atoms with Crippen LogP contribution in [0.2, 0.25) is 5.02 Å². The van der Waals surface area contributed by atoms with Crippen LogP contribution in [0, 0.1) is 0 Å². The maximum absolute atomic E-state index is 13.7. The molecule has 33 heavy (non-hydrogen) atoms. The molecule has 0 aliphatic heterocycles. The van der Waals surface area contributed by atoms with Crippen molar-refractivity contribution in [3.63, 3.8) is 0 Å². The number of nitrogens with zero attached hydrogens (tertiary/aromatic N) is 4. The summed E-state index contributed by atoms with van der Waals surface area (Å²) in [6, 6.07) is 14.5. The average molecular weight is 493 g/mol. The lowest BCUT2D eigenvalue weighted by molar-refractivity contribution is 0.819. The van der Waals surface area contributed by atoms with Crippen molar-refractivity contribution in [1.82, 2.24) is 18.9 Å². The Morgan fingerprint density at radius 1 is 1.06 bits per heavy atom. The molecule has 164 valence electrons. The summed E-state index contributed by atoms with van der Waals surface area (Å²) in [5.74, 6) is 0.407. The number of hydrogen-bond donors (Lipinski definition) is 0. The minimum Gasteiger partial charge on any atom is -0.269 e. The van der Waals surface area contributed by atoms with Crippen molar-refractivity contribution in [1.29, 1.82) is 0 Å². The lowest BCUT2D eigenvalue weighted by Crippen LogP contribution is -2.22. The van der Waals surface area contributed by atoms with Crippen molar-refractivity contribution < 1.29 is 0 Å². The topological polar surface area (TPSA) is 69.3 Å². The first-order valence-electron chi connectivity index (χ1n) is 10.5. The summed E-state index contributed by atoms with van der Waals surface area (Å²) in [4.78, 5) is 37.8. The van der Waals surface area contributed by atoms with Gasteiger partial charge in [0.25, 0.3) is 11.1 Å². The predicted molar refractivity (Wildman–Crippen MR) is 133 cm³/mol. The zero-order valence-electron chi connectivity index (χ0n) is 17.3. The van der Waals surface area contributed by atoms with Gasteiger partial charge in [-0.1, -0.05) is 41.6 Å². The molecule has 6 rings (SSSR count). The highest BCUT2D eigenvalue weighted by Crippen LogP contribution is 2.36. The fourth-order valence-electron chi connectivity index (χ4n) is 4.26. The van der Waals surface area contributed by atoms with E-state index < -0.39 is 0 Å². The third-order valence-corrected chi connectivity index (χ3v) is 8.13. The fourth-order valence-corrected chi connectivity index (χ4v) is 6.63. The Labute approximate surface area is 201 Å². The molecule has 0 saturated carbocycles. The van der Waals surface area contributed by atoms with Crippen molar-refractivity contribution >= 4 is 50.6 Å². The van der Waals surface area contributed by atoms with E-state index in [1.54, 1.807) is 34.2 Å². The number of aromatic nitrogens is 4. The van der Waals surface area contributed by atoms with Gasteiger partial charge in [-0.2, -0.15) is 0 Å². The lowest BCUT2D eigenvalue weighted by atomic mass is 10.2. The molecule has 0 saturated heterocycles. The minimum atomic E-state index is -0.198. The first-order valence-corrected chi connectivity index (χ1v) is 12.7. The summed E-state index contributed by atoms with van der Waals surface area (Å²) in [5.41, 5.74) is 2.86. The van der Waals surface area contributed by atoms with E-state index in [1.165, 1.54) is 27.1 Å². The molecule has 0 fully saturated rings. The van der Waals surface area contributed by atoms with Crippen LogP contribution < -0.4 is 11.1 Å². The van der Waals surface area contributed by atoms with E-state index in [-0.39, 0.29) is 11.1 Å². The summed E-state index contributed by atoms with van der Waals surface area (Å²) in [6.07, 6.45) is 4.59. The zero-order valence-corrected chi connectivity index (χ0v) is 19.7. The summed E-state index contributed by atoms with van der Waals surface area (Å²) < 4.78 is 3.11. The zero-order chi connectivity index (χ0) is 22.5. The van der Waals surface area contributed by atoms with Gasteiger partial charge < -0.3 is 0 Å². The molecule has 0 unspecified atom stereocenters. The third kappa shape index (κ3) is 3.58. The van der Waals surface area contributed by atoms with E-state index in [2.05, 4.69) is 4.98 Å². The molecular formula is C24H17ClN4O2S2. The maximum Gasteiger partial charge on any atom is 0.267 e. The van der Waals surface area contributed by atoms with Crippen LogP contribution in [0.1, 0.15) is 22.6 Å². The van der Waals surface area contributed by atoms with Gasteiger partial charge >= 0.3 is 0 Å². The highest BCUT2D eigenvalue weighted by Gasteiger charge is 2.24. The third-order valence-electron chi connectivity index (χ3n) is 5.75. The summed E-state index contributed by atoms with van der Waals surface area (Å²) in [7, 11) is 0. The molecule has 0 bridgehead atoms. The van der Waals surface area contributed by atoms with Crippen molar-refractivity contribution in [2.75, 3.05) is 0 Å². The highest BCUT2D eigenvalue weighted by molar-refractivity contribution is 7.98. The molecule has 9 heteroatoms. The van der Waals surface area contributed by atoms with Gasteiger partial charge in [-0.3, -0.25) is 18.6 Å². The first kappa shape index (κ1) is 20.7. The van der Waals surface area contributed by atoms with Crippen molar-refractivity contribution in [3.8, 4) is 5.69 Å². The largest absolute Gasteiger partial charge is 0.269 e. The second-order valence-electron chi connectivity index (χ2n) is 7.86. The smallest absolute Gasteiger partial charge is 0.267 e. The number of para-hydroxylation sites is 1. The van der Waals surface area contributed by atoms with Gasteiger partial charge in [0, 0.05) is 22.9 Å². The van der Waals surface area contributed by atoms with E-state index in [4.69, 9.17) is 16.6 Å². The molecule has 1 aliphatic rings. The van der Waals surface area contributed by atoms with Crippen molar-refractivity contribution in [2.45, 2.75) is 30.2 Å². The predicted octanol–water partition coefficient (Wildman–Crippen LogP) is 4.89. The molecule has 1 aromatic carbocycles. The van der Waals surface area contributed by atoms with Crippen molar-refractivity contribution in [3.05, 3.63) is 96.6 Å². The monoisotopic (exact) mass is 492 g/mol. The number of hydrogen-bond acceptors (Lipinski definition) is 6. The Balaban J connectivity index is 1.46. The normalized spacial score (nSPS) is 13.1. The number of thioether (sulfide) groups is 1. The molecule has 4 heterocycles. The molecule has 6 nitrogen and oxygen atoms in total. The molecule has 1 aliphatic carbocycles. The van der Waals surface area contributed by atoms with Crippen LogP contribution in [-0.4, -0.2) is 18.9 Å². The minimum absolute atomic E-state index is 0.0331. The number of rotatable bonds is 4. The second-order valence-corrected chi connectivity index (χ2v) is 10.3. The van der Waals surface area contributed by atoms with E-state index in [9.17, 15) is 9.59 Å². The summed E-state index contributed by atoms with van der Waals surface area (Å²) in [6.45, 7) is 0. The molecule has 0 amide bonds. The number of pyridine rings is 1. The molecular weight excluding hydrogens is 476 g/mol. The number of thiophene rings is 1. The summed E-state index contributed by atoms with van der Waals surface area (Å²) >= 11 is 9.04. The van der Waals surface area contributed by atoms with Crippen LogP contribution in [0.25, 0.3) is 21.6 Å². The number of halogens is 1. The lowest BCUT2D eigenvalue weighted by Gasteiger charge is -2.12. The first-order chi connectivity index (χ1) is 16.1. The standard InChI is InChI=1S/C24H17ClN4O2S2/c25-14-9-10-19-26-15(11-20(30)28(19)12-14)13-32-24-27-22-21(17-7-4-8-18(17)33-22)23(31)29(24)16-5-2-1-3-6-16/h1-3,5-6,9-12H,4,7-8,13H2. The highest BCUT2D eigenvalue weighted by atomic mass is 35.5. The van der Waals surface area contributed by atoms with Gasteiger partial charge in [0.15, 0.2) is 5.16 Å². The Kier molecular flexibility index (Phi) is 5.09. The molecule has 0 N–H and O–H groups in total. The summed E-state index contributed by atoms with van der Waals surface area (Å²) in [5, 5.41) is 1.82. The van der Waals surface area contributed by atoms with E-state index in [0.29, 0.717) is 27.3 Å². The molecule has 4 aromatic heterocycles. The Hall–Kier alpha value is -2.94. The van der Waals surface area contributed by atoms with Crippen LogP contribution in [0.3, 0.4) is 0 Å². The van der Waals surface area contributed by atoms with E-state index in [1.807, 2.05) is 30.3 Å². The maximum atomic E-state index is 13.7. The number of aryl methyl sites for hydroxylation is 2. The van der Waals surface area contributed by atoms with Crippen molar-refractivity contribution in [2.24, 2.45) is 0 Å². The van der Waals surface area contributed by atoms with Gasteiger partial charge in [0.05, 0.1) is 21.8 Å². The van der Waals surface area contributed by atoms with E-state index in [0.717, 1.165) is 40.7 Å². The van der Waals surface area contributed by atoms with Crippen LogP contribution in [0.4, 0.5) is 0 Å².